The van der Waals surface area contributed by atoms with Crippen LogP contribution in [-0.4, -0.2) is 37.2 Å². The Morgan fingerprint density at radius 1 is 1.24 bits per heavy atom. The fourth-order valence-electron chi connectivity index (χ4n) is 2.47. The lowest BCUT2D eigenvalue weighted by molar-refractivity contribution is 0.0962. The lowest BCUT2D eigenvalue weighted by Gasteiger charge is -2.16. The Labute approximate surface area is 151 Å². The molecule has 2 aromatic rings. The number of hydrogen-bond donors (Lipinski definition) is 4. The van der Waals surface area contributed by atoms with Gasteiger partial charge in [-0.15, -0.1) is 11.3 Å². The van der Waals surface area contributed by atoms with Crippen LogP contribution in [0.15, 0.2) is 35.7 Å². The zero-order valence-electron chi connectivity index (χ0n) is 14.3. The fraction of sp³-hybridized carbons (Fsp3) is 0.333. The van der Waals surface area contributed by atoms with E-state index in [0.29, 0.717) is 23.4 Å². The van der Waals surface area contributed by atoms with Gasteiger partial charge in [0.25, 0.3) is 5.91 Å². The van der Waals surface area contributed by atoms with Crippen molar-refractivity contribution in [2.75, 3.05) is 25.5 Å². The van der Waals surface area contributed by atoms with E-state index in [1.807, 2.05) is 17.5 Å². The number of nitrogens with one attached hydrogen (secondary N) is 3. The van der Waals surface area contributed by atoms with Gasteiger partial charge in [-0.3, -0.25) is 4.79 Å². The van der Waals surface area contributed by atoms with Crippen LogP contribution >= 0.6 is 11.3 Å². The maximum atomic E-state index is 12.1. The van der Waals surface area contributed by atoms with Crippen LogP contribution in [0.4, 0.5) is 10.5 Å². The summed E-state index contributed by atoms with van der Waals surface area (Å²) in [4.78, 5) is 25.1. The summed E-state index contributed by atoms with van der Waals surface area (Å²) in [5.41, 5.74) is 1.80. The molecule has 3 amide bonds. The molecular formula is C18H23N3O3S. The first-order valence-electron chi connectivity index (χ1n) is 8.05. The largest absolute Gasteiger partial charge is 0.396 e. The van der Waals surface area contributed by atoms with Gasteiger partial charge in [0.2, 0.25) is 0 Å². The molecule has 134 valence electrons. The first-order chi connectivity index (χ1) is 12.0. The zero-order chi connectivity index (χ0) is 18.2. The number of urea groups is 1. The molecule has 1 aromatic carbocycles. The molecule has 7 heteroatoms. The molecule has 1 unspecified atom stereocenters. The van der Waals surface area contributed by atoms with Crippen molar-refractivity contribution in [2.24, 2.45) is 5.92 Å². The number of carbonyl (C=O) groups excluding carboxylic acids is 2. The molecule has 0 fully saturated rings. The third-order valence-corrected chi connectivity index (χ3v) is 4.83. The highest BCUT2D eigenvalue weighted by molar-refractivity contribution is 7.09. The Kier molecular flexibility index (Phi) is 6.97. The number of aliphatic hydroxyl groups is 1. The summed E-state index contributed by atoms with van der Waals surface area (Å²) in [5.74, 6) is -0.236. The third-order valence-electron chi connectivity index (χ3n) is 3.93. The van der Waals surface area contributed by atoms with E-state index in [-0.39, 0.29) is 24.5 Å². The number of anilines is 1. The van der Waals surface area contributed by atoms with Crippen molar-refractivity contribution in [3.63, 3.8) is 0 Å². The smallest absolute Gasteiger partial charge is 0.319 e. The molecule has 4 N–H and O–H groups in total. The maximum absolute atomic E-state index is 12.1. The van der Waals surface area contributed by atoms with Gasteiger partial charge in [-0.2, -0.15) is 0 Å². The van der Waals surface area contributed by atoms with Gasteiger partial charge in [0, 0.05) is 42.2 Å². The van der Waals surface area contributed by atoms with E-state index in [9.17, 15) is 14.7 Å². The molecule has 0 saturated carbocycles. The van der Waals surface area contributed by atoms with Gasteiger partial charge in [-0.1, -0.05) is 12.1 Å². The maximum Gasteiger partial charge on any atom is 0.319 e. The molecule has 1 atom stereocenters. The minimum Gasteiger partial charge on any atom is -0.396 e. The van der Waals surface area contributed by atoms with Crippen molar-refractivity contribution in [1.29, 1.82) is 0 Å². The highest BCUT2D eigenvalue weighted by Gasteiger charge is 2.14. The Bertz CT molecular complexity index is 716. The van der Waals surface area contributed by atoms with Crippen LogP contribution in [0.25, 0.3) is 0 Å². The lowest BCUT2D eigenvalue weighted by atomic mass is 10.1. The molecule has 1 aromatic heterocycles. The first kappa shape index (κ1) is 19.0. The number of aliphatic hydroxyl groups excluding tert-OH is 1. The Morgan fingerprint density at radius 3 is 2.68 bits per heavy atom. The molecule has 0 aliphatic heterocycles. The fourth-order valence-corrected chi connectivity index (χ4v) is 3.29. The quantitative estimate of drug-likeness (QED) is 0.610. The summed E-state index contributed by atoms with van der Waals surface area (Å²) in [6, 6.07) is 8.80. The third kappa shape index (κ3) is 5.30. The molecule has 2 rings (SSSR count). The normalized spacial score (nSPS) is 11.6. The van der Waals surface area contributed by atoms with Gasteiger partial charge in [0.15, 0.2) is 0 Å². The standard InChI is InChI=1S/C18H23N3O3S/c1-12-15(17(23)19-2)6-3-7-16(12)21-18(24)20-10-13(11-22)9-14-5-4-8-25-14/h3-8,13,22H,9-11H2,1-2H3,(H,19,23)(H2,20,21,24). The van der Waals surface area contributed by atoms with Gasteiger partial charge in [0.05, 0.1) is 0 Å². The summed E-state index contributed by atoms with van der Waals surface area (Å²) in [5, 5.41) is 19.6. The average Bonchev–Trinajstić information content (AvgIpc) is 3.12. The minimum atomic E-state index is -0.359. The van der Waals surface area contributed by atoms with Crippen molar-refractivity contribution >= 4 is 29.0 Å². The van der Waals surface area contributed by atoms with Crippen molar-refractivity contribution < 1.29 is 14.7 Å². The number of benzene rings is 1. The Morgan fingerprint density at radius 2 is 2.04 bits per heavy atom. The molecule has 0 aliphatic carbocycles. The molecule has 1 heterocycles. The Balaban J connectivity index is 1.92. The monoisotopic (exact) mass is 361 g/mol. The topological polar surface area (TPSA) is 90.5 Å². The number of hydrogen-bond acceptors (Lipinski definition) is 4. The van der Waals surface area contributed by atoms with E-state index in [2.05, 4.69) is 16.0 Å². The van der Waals surface area contributed by atoms with Crippen LogP contribution in [0.1, 0.15) is 20.8 Å². The highest BCUT2D eigenvalue weighted by atomic mass is 32.1. The van der Waals surface area contributed by atoms with Crippen molar-refractivity contribution in [3.05, 3.63) is 51.7 Å². The molecule has 6 nitrogen and oxygen atoms in total. The second kappa shape index (κ2) is 9.19. The highest BCUT2D eigenvalue weighted by Crippen LogP contribution is 2.19. The number of thiophene rings is 1. The van der Waals surface area contributed by atoms with Crippen LogP contribution in [0.2, 0.25) is 0 Å². The van der Waals surface area contributed by atoms with E-state index in [0.717, 1.165) is 6.42 Å². The average molecular weight is 361 g/mol. The van der Waals surface area contributed by atoms with Crippen LogP contribution in [0.3, 0.4) is 0 Å². The van der Waals surface area contributed by atoms with Gasteiger partial charge < -0.3 is 21.1 Å². The second-order valence-electron chi connectivity index (χ2n) is 5.72. The van der Waals surface area contributed by atoms with Crippen molar-refractivity contribution in [3.8, 4) is 0 Å². The Hall–Kier alpha value is -2.38. The molecule has 0 aliphatic rings. The molecule has 0 radical (unpaired) electrons. The van der Waals surface area contributed by atoms with E-state index in [1.54, 1.807) is 43.5 Å². The van der Waals surface area contributed by atoms with Crippen LogP contribution in [0, 0.1) is 12.8 Å². The predicted octanol–water partition coefficient (Wildman–Crippen LogP) is 2.39. The van der Waals surface area contributed by atoms with E-state index >= 15 is 0 Å². The van der Waals surface area contributed by atoms with Crippen molar-refractivity contribution in [1.82, 2.24) is 10.6 Å². The SMILES string of the molecule is CNC(=O)c1cccc(NC(=O)NCC(CO)Cc2cccs2)c1C. The van der Waals surface area contributed by atoms with Crippen LogP contribution in [0.5, 0.6) is 0 Å². The number of rotatable bonds is 7. The van der Waals surface area contributed by atoms with Crippen LogP contribution in [-0.2, 0) is 6.42 Å². The van der Waals surface area contributed by atoms with Gasteiger partial charge in [-0.05, 0) is 42.5 Å². The van der Waals surface area contributed by atoms with Gasteiger partial charge in [-0.25, -0.2) is 4.79 Å². The molecule has 0 bridgehead atoms. The molecule has 25 heavy (non-hydrogen) atoms. The summed E-state index contributed by atoms with van der Waals surface area (Å²) < 4.78 is 0. The first-order valence-corrected chi connectivity index (χ1v) is 8.93. The summed E-state index contributed by atoms with van der Waals surface area (Å²) in [6.07, 6.45) is 0.722. The molecular weight excluding hydrogens is 338 g/mol. The summed E-state index contributed by atoms with van der Waals surface area (Å²) in [7, 11) is 1.57. The second-order valence-corrected chi connectivity index (χ2v) is 6.76. The predicted molar refractivity (Wildman–Crippen MR) is 100 cm³/mol. The zero-order valence-corrected chi connectivity index (χ0v) is 15.2. The number of amides is 3. The van der Waals surface area contributed by atoms with Gasteiger partial charge >= 0.3 is 6.03 Å². The lowest BCUT2D eigenvalue weighted by Crippen LogP contribution is -2.35. The molecule has 0 spiro atoms. The number of carbonyl (C=O) groups is 2. The van der Waals surface area contributed by atoms with E-state index < -0.39 is 0 Å². The summed E-state index contributed by atoms with van der Waals surface area (Å²) in [6.45, 7) is 2.16. The van der Waals surface area contributed by atoms with E-state index in [1.165, 1.54) is 4.88 Å². The minimum absolute atomic E-state index is 0.00334. The summed E-state index contributed by atoms with van der Waals surface area (Å²) >= 11 is 1.63. The molecule has 0 saturated heterocycles. The van der Waals surface area contributed by atoms with E-state index in [4.69, 9.17) is 0 Å². The van der Waals surface area contributed by atoms with Crippen LogP contribution < -0.4 is 16.0 Å². The van der Waals surface area contributed by atoms with Gasteiger partial charge in [0.1, 0.15) is 0 Å². The van der Waals surface area contributed by atoms with Crippen molar-refractivity contribution in [2.45, 2.75) is 13.3 Å².